The van der Waals surface area contributed by atoms with Crippen LogP contribution >= 0.6 is 12.4 Å². The number of fused-ring (bicyclic) bond motifs is 1. The summed E-state index contributed by atoms with van der Waals surface area (Å²) < 4.78 is 24.9. The SMILES string of the molecule is COc1cc(CNc2ccc3c(c2)=NC(=O)N=3)ccc1OCc1ccccc1F.Cl. The lowest BCUT2D eigenvalue weighted by Crippen LogP contribution is -2.21. The Hall–Kier alpha value is -3.45. The van der Waals surface area contributed by atoms with E-state index >= 15 is 0 Å². The van der Waals surface area contributed by atoms with E-state index in [1.807, 2.05) is 18.2 Å². The number of hydrogen-bond acceptors (Lipinski definition) is 4. The molecule has 4 rings (SSSR count). The van der Waals surface area contributed by atoms with Crippen molar-refractivity contribution in [3.63, 3.8) is 0 Å². The van der Waals surface area contributed by atoms with E-state index in [1.165, 1.54) is 6.07 Å². The maximum atomic E-state index is 13.8. The number of rotatable bonds is 7. The minimum Gasteiger partial charge on any atom is -0.493 e. The normalized spacial score (nSPS) is 11.6. The van der Waals surface area contributed by atoms with Crippen molar-refractivity contribution in [1.29, 1.82) is 0 Å². The van der Waals surface area contributed by atoms with Crippen LogP contribution in [0.3, 0.4) is 0 Å². The largest absolute Gasteiger partial charge is 0.493 e. The van der Waals surface area contributed by atoms with E-state index in [-0.39, 0.29) is 24.8 Å². The lowest BCUT2D eigenvalue weighted by Gasteiger charge is -2.13. The Morgan fingerprint density at radius 2 is 1.77 bits per heavy atom. The second kappa shape index (κ2) is 9.37. The van der Waals surface area contributed by atoms with Crippen molar-refractivity contribution in [2.75, 3.05) is 12.4 Å². The van der Waals surface area contributed by atoms with Crippen LogP contribution in [0.4, 0.5) is 14.9 Å². The molecule has 6 nitrogen and oxygen atoms in total. The highest BCUT2D eigenvalue weighted by molar-refractivity contribution is 5.85. The first-order chi connectivity index (χ1) is 14.1. The Morgan fingerprint density at radius 1 is 0.967 bits per heavy atom. The van der Waals surface area contributed by atoms with E-state index in [2.05, 4.69) is 15.3 Å². The molecule has 154 valence electrons. The number of halogens is 2. The third kappa shape index (κ3) is 4.75. The fraction of sp³-hybridized carbons (Fsp3) is 0.136. The molecule has 1 aliphatic rings. The first kappa shape index (κ1) is 21.3. The minimum absolute atomic E-state index is 0. The van der Waals surface area contributed by atoms with Gasteiger partial charge in [0.15, 0.2) is 11.5 Å². The molecule has 3 aromatic rings. The Morgan fingerprint density at radius 3 is 2.57 bits per heavy atom. The molecule has 0 bridgehead atoms. The average molecular weight is 428 g/mol. The van der Waals surface area contributed by atoms with E-state index < -0.39 is 6.03 Å². The molecule has 1 aliphatic heterocycles. The fourth-order valence-electron chi connectivity index (χ4n) is 2.96. The summed E-state index contributed by atoms with van der Waals surface area (Å²) in [6.45, 7) is 0.650. The molecule has 8 heteroatoms. The predicted molar refractivity (Wildman–Crippen MR) is 112 cm³/mol. The first-order valence-corrected chi connectivity index (χ1v) is 9.01. The van der Waals surface area contributed by atoms with Crippen LogP contribution in [0.2, 0.25) is 0 Å². The van der Waals surface area contributed by atoms with Crippen LogP contribution in [-0.2, 0) is 13.2 Å². The summed E-state index contributed by atoms with van der Waals surface area (Å²) in [5.41, 5.74) is 2.28. The van der Waals surface area contributed by atoms with Crippen molar-refractivity contribution >= 4 is 24.1 Å². The van der Waals surface area contributed by atoms with Crippen molar-refractivity contribution in [2.45, 2.75) is 13.2 Å². The first-order valence-electron chi connectivity index (χ1n) is 9.01. The van der Waals surface area contributed by atoms with Gasteiger partial charge in [-0.2, -0.15) is 9.98 Å². The summed E-state index contributed by atoms with van der Waals surface area (Å²) in [4.78, 5) is 18.9. The maximum Gasteiger partial charge on any atom is 0.368 e. The third-order valence-corrected chi connectivity index (χ3v) is 4.47. The molecule has 2 amide bonds. The van der Waals surface area contributed by atoms with Gasteiger partial charge < -0.3 is 14.8 Å². The van der Waals surface area contributed by atoms with Crippen LogP contribution in [0.5, 0.6) is 11.5 Å². The van der Waals surface area contributed by atoms with E-state index in [0.717, 1.165) is 11.3 Å². The molecule has 1 N–H and O–H groups in total. The number of nitrogens with zero attached hydrogens (tertiary/aromatic N) is 2. The van der Waals surface area contributed by atoms with E-state index in [0.29, 0.717) is 34.3 Å². The van der Waals surface area contributed by atoms with Crippen molar-refractivity contribution in [3.8, 4) is 11.5 Å². The third-order valence-electron chi connectivity index (χ3n) is 4.47. The summed E-state index contributed by atoms with van der Waals surface area (Å²) in [5, 5.41) is 4.43. The van der Waals surface area contributed by atoms with Crippen LogP contribution in [0.1, 0.15) is 11.1 Å². The molecule has 0 fully saturated rings. The van der Waals surface area contributed by atoms with Crippen LogP contribution in [-0.4, -0.2) is 13.1 Å². The second-order valence-electron chi connectivity index (χ2n) is 6.43. The lowest BCUT2D eigenvalue weighted by molar-refractivity contribution is 0.256. The molecule has 0 unspecified atom stereocenters. The number of ether oxygens (including phenoxy) is 2. The smallest absolute Gasteiger partial charge is 0.368 e. The number of carbonyl (C=O) groups excluding carboxylic acids is 1. The number of carbonyl (C=O) groups is 1. The molecule has 0 radical (unpaired) electrons. The zero-order valence-corrected chi connectivity index (χ0v) is 16.9. The Labute approximate surface area is 178 Å². The van der Waals surface area contributed by atoms with Crippen molar-refractivity contribution in [3.05, 3.63) is 88.3 Å². The second-order valence-corrected chi connectivity index (χ2v) is 6.43. The Kier molecular flexibility index (Phi) is 6.64. The summed E-state index contributed by atoms with van der Waals surface area (Å²) in [6, 6.07) is 17.0. The predicted octanol–water partition coefficient (Wildman–Crippen LogP) is 3.82. The number of hydrogen-bond donors (Lipinski definition) is 1. The molecule has 30 heavy (non-hydrogen) atoms. The van der Waals surface area contributed by atoms with Gasteiger partial charge in [0.1, 0.15) is 12.4 Å². The molecule has 0 saturated carbocycles. The molecule has 0 aliphatic carbocycles. The van der Waals surface area contributed by atoms with E-state index in [4.69, 9.17) is 9.47 Å². The van der Waals surface area contributed by atoms with Crippen LogP contribution < -0.4 is 25.5 Å². The zero-order valence-electron chi connectivity index (χ0n) is 16.1. The zero-order chi connectivity index (χ0) is 20.2. The molecular weight excluding hydrogens is 409 g/mol. The highest BCUT2D eigenvalue weighted by Gasteiger charge is 2.09. The summed E-state index contributed by atoms with van der Waals surface area (Å²) >= 11 is 0. The summed E-state index contributed by atoms with van der Waals surface area (Å²) in [6.07, 6.45) is 0. The van der Waals surface area contributed by atoms with Gasteiger partial charge in [0.25, 0.3) is 0 Å². The van der Waals surface area contributed by atoms with Gasteiger partial charge in [0.2, 0.25) is 0 Å². The standard InChI is InChI=1S/C22H18FN3O3.ClH/c1-28-21-10-14(6-9-20(21)29-13-15-4-2-3-5-17(15)23)12-24-16-7-8-18-19(11-16)26-22(27)25-18;/h2-11,24H,12-13H2,1H3;1H. The topological polar surface area (TPSA) is 72.3 Å². The van der Waals surface area contributed by atoms with Crippen LogP contribution in [0.15, 0.2) is 70.6 Å². The molecule has 0 saturated heterocycles. The van der Waals surface area contributed by atoms with Crippen LogP contribution in [0.25, 0.3) is 0 Å². The quantitative estimate of drug-likeness (QED) is 0.622. The monoisotopic (exact) mass is 427 g/mol. The van der Waals surface area contributed by atoms with Gasteiger partial charge in [-0.15, -0.1) is 12.4 Å². The Balaban J connectivity index is 0.00000256. The lowest BCUT2D eigenvalue weighted by atomic mass is 10.2. The van der Waals surface area contributed by atoms with E-state index in [9.17, 15) is 9.18 Å². The van der Waals surface area contributed by atoms with Crippen molar-refractivity contribution in [2.24, 2.45) is 9.98 Å². The van der Waals surface area contributed by atoms with Gasteiger partial charge >= 0.3 is 6.03 Å². The number of nitrogens with one attached hydrogen (secondary N) is 1. The molecule has 0 spiro atoms. The number of benzene rings is 3. The molecular formula is C22H19ClFN3O3. The Bertz CT molecular complexity index is 1200. The summed E-state index contributed by atoms with van der Waals surface area (Å²) in [7, 11) is 1.56. The molecule has 3 aromatic carbocycles. The van der Waals surface area contributed by atoms with Gasteiger partial charge in [-0.25, -0.2) is 9.18 Å². The fourth-order valence-corrected chi connectivity index (χ4v) is 2.96. The minimum atomic E-state index is -0.479. The molecule has 0 aromatic heterocycles. The van der Waals surface area contributed by atoms with Gasteiger partial charge in [0.05, 0.1) is 17.8 Å². The number of urea groups is 1. The maximum absolute atomic E-state index is 13.8. The van der Waals surface area contributed by atoms with Gasteiger partial charge in [-0.1, -0.05) is 24.3 Å². The number of methoxy groups -OCH3 is 1. The highest BCUT2D eigenvalue weighted by atomic mass is 35.5. The average Bonchev–Trinajstić information content (AvgIpc) is 3.11. The van der Waals surface area contributed by atoms with Gasteiger partial charge in [-0.05, 0) is 42.0 Å². The van der Waals surface area contributed by atoms with Gasteiger partial charge in [0, 0.05) is 17.8 Å². The highest BCUT2D eigenvalue weighted by Crippen LogP contribution is 2.29. The van der Waals surface area contributed by atoms with Crippen molar-refractivity contribution in [1.82, 2.24) is 0 Å². The van der Waals surface area contributed by atoms with Crippen molar-refractivity contribution < 1.29 is 18.7 Å². The molecule has 0 atom stereocenters. The van der Waals surface area contributed by atoms with Crippen LogP contribution in [0, 0.1) is 5.82 Å². The number of amides is 2. The van der Waals surface area contributed by atoms with E-state index in [1.54, 1.807) is 43.5 Å². The number of anilines is 1. The summed E-state index contributed by atoms with van der Waals surface area (Å²) in [5.74, 6) is 0.799. The van der Waals surface area contributed by atoms with Gasteiger partial charge in [-0.3, -0.25) is 0 Å². The molecule has 1 heterocycles.